The first-order valence-corrected chi connectivity index (χ1v) is 7.24. The standard InChI is InChI=1S/C15H24ClNO2/c1-4-18-14-7-5-6-8-15(14)19-12-11-17(3)10-9-13(2)16/h5-8,13H,4,9-12H2,1-3H3. The van der Waals surface area contributed by atoms with Gasteiger partial charge in [-0.05, 0) is 46.0 Å². The van der Waals surface area contributed by atoms with Gasteiger partial charge in [0.15, 0.2) is 11.5 Å². The number of benzene rings is 1. The molecular weight excluding hydrogens is 262 g/mol. The lowest BCUT2D eigenvalue weighted by atomic mass is 10.3. The van der Waals surface area contributed by atoms with E-state index in [1.807, 2.05) is 38.1 Å². The SMILES string of the molecule is CCOc1ccccc1OCCN(C)CCC(C)Cl. The minimum atomic E-state index is 0.224. The first-order valence-electron chi connectivity index (χ1n) is 6.80. The Morgan fingerprint density at radius 3 is 2.37 bits per heavy atom. The van der Waals surface area contributed by atoms with Crippen LogP contribution in [0.15, 0.2) is 24.3 Å². The Morgan fingerprint density at radius 2 is 1.79 bits per heavy atom. The van der Waals surface area contributed by atoms with Crippen molar-refractivity contribution in [1.82, 2.24) is 4.90 Å². The summed E-state index contributed by atoms with van der Waals surface area (Å²) in [5.41, 5.74) is 0. The van der Waals surface area contributed by atoms with Gasteiger partial charge in [0.25, 0.3) is 0 Å². The van der Waals surface area contributed by atoms with Gasteiger partial charge in [0.05, 0.1) is 6.61 Å². The van der Waals surface area contributed by atoms with Gasteiger partial charge in [0.1, 0.15) is 6.61 Å². The summed E-state index contributed by atoms with van der Waals surface area (Å²) in [7, 11) is 2.08. The van der Waals surface area contributed by atoms with E-state index >= 15 is 0 Å². The predicted molar refractivity (Wildman–Crippen MR) is 80.5 cm³/mol. The van der Waals surface area contributed by atoms with Crippen molar-refractivity contribution in [3.63, 3.8) is 0 Å². The second-order valence-electron chi connectivity index (χ2n) is 4.60. The van der Waals surface area contributed by atoms with Crippen molar-refractivity contribution in [3.8, 4) is 11.5 Å². The molecule has 3 nitrogen and oxygen atoms in total. The number of ether oxygens (including phenoxy) is 2. The van der Waals surface area contributed by atoms with Crippen LogP contribution in [0, 0.1) is 0 Å². The molecule has 1 rings (SSSR count). The van der Waals surface area contributed by atoms with Gasteiger partial charge in [0.2, 0.25) is 0 Å². The molecule has 1 unspecified atom stereocenters. The van der Waals surface area contributed by atoms with Crippen LogP contribution < -0.4 is 9.47 Å². The smallest absolute Gasteiger partial charge is 0.161 e. The average molecular weight is 286 g/mol. The molecule has 0 bridgehead atoms. The number of nitrogens with zero attached hydrogens (tertiary/aromatic N) is 1. The van der Waals surface area contributed by atoms with Crippen molar-refractivity contribution < 1.29 is 9.47 Å². The Hall–Kier alpha value is -0.930. The summed E-state index contributed by atoms with van der Waals surface area (Å²) in [6.07, 6.45) is 0.994. The van der Waals surface area contributed by atoms with Crippen LogP contribution in [0.4, 0.5) is 0 Å². The Balaban J connectivity index is 2.32. The lowest BCUT2D eigenvalue weighted by molar-refractivity contribution is 0.225. The van der Waals surface area contributed by atoms with Gasteiger partial charge in [-0.3, -0.25) is 0 Å². The number of rotatable bonds is 9. The molecule has 4 heteroatoms. The molecule has 0 saturated heterocycles. The summed E-state index contributed by atoms with van der Waals surface area (Å²) >= 11 is 5.93. The highest BCUT2D eigenvalue weighted by Crippen LogP contribution is 2.26. The van der Waals surface area contributed by atoms with Gasteiger partial charge in [-0.2, -0.15) is 0 Å². The Bertz CT molecular complexity index is 358. The van der Waals surface area contributed by atoms with Gasteiger partial charge in [-0.25, -0.2) is 0 Å². The first kappa shape index (κ1) is 16.1. The van der Waals surface area contributed by atoms with E-state index in [-0.39, 0.29) is 5.38 Å². The zero-order valence-corrected chi connectivity index (χ0v) is 12.8. The summed E-state index contributed by atoms with van der Waals surface area (Å²) in [5.74, 6) is 1.62. The van der Waals surface area contributed by atoms with Crippen LogP contribution in [0.2, 0.25) is 0 Å². The van der Waals surface area contributed by atoms with E-state index in [4.69, 9.17) is 21.1 Å². The van der Waals surface area contributed by atoms with Gasteiger partial charge in [-0.1, -0.05) is 12.1 Å². The van der Waals surface area contributed by atoms with E-state index in [1.165, 1.54) is 0 Å². The topological polar surface area (TPSA) is 21.7 Å². The van der Waals surface area contributed by atoms with E-state index in [0.717, 1.165) is 31.0 Å². The summed E-state index contributed by atoms with van der Waals surface area (Å²) in [6, 6.07) is 7.77. The van der Waals surface area contributed by atoms with Gasteiger partial charge in [0, 0.05) is 11.9 Å². The third-order valence-electron chi connectivity index (χ3n) is 2.79. The number of halogens is 1. The molecule has 0 aliphatic heterocycles. The number of likely N-dealkylation sites (N-methyl/N-ethyl adjacent to an activating group) is 1. The Morgan fingerprint density at radius 1 is 1.16 bits per heavy atom. The highest BCUT2D eigenvalue weighted by atomic mass is 35.5. The maximum atomic E-state index is 5.93. The van der Waals surface area contributed by atoms with Crippen molar-refractivity contribution in [2.45, 2.75) is 25.6 Å². The molecule has 0 spiro atoms. The quantitative estimate of drug-likeness (QED) is 0.649. The summed E-state index contributed by atoms with van der Waals surface area (Å²) in [5, 5.41) is 0.224. The van der Waals surface area contributed by atoms with Crippen molar-refractivity contribution in [3.05, 3.63) is 24.3 Å². The minimum absolute atomic E-state index is 0.224. The van der Waals surface area contributed by atoms with Crippen LogP contribution in [-0.4, -0.2) is 43.6 Å². The zero-order valence-electron chi connectivity index (χ0n) is 12.1. The van der Waals surface area contributed by atoms with E-state index in [2.05, 4.69) is 11.9 Å². The Kier molecular flexibility index (Phi) is 7.68. The fourth-order valence-corrected chi connectivity index (χ4v) is 1.76. The average Bonchev–Trinajstić information content (AvgIpc) is 2.39. The van der Waals surface area contributed by atoms with Crippen LogP contribution in [0.25, 0.3) is 0 Å². The van der Waals surface area contributed by atoms with Crippen molar-refractivity contribution in [2.75, 3.05) is 33.4 Å². The fourth-order valence-electron chi connectivity index (χ4n) is 1.67. The maximum Gasteiger partial charge on any atom is 0.161 e. The van der Waals surface area contributed by atoms with Gasteiger partial charge < -0.3 is 14.4 Å². The summed E-state index contributed by atoms with van der Waals surface area (Å²) in [6.45, 7) is 7.15. The predicted octanol–water partition coefficient (Wildman–Crippen LogP) is 3.41. The molecule has 1 aromatic rings. The van der Waals surface area contributed by atoms with E-state index < -0.39 is 0 Å². The van der Waals surface area contributed by atoms with E-state index in [9.17, 15) is 0 Å². The molecule has 108 valence electrons. The second-order valence-corrected chi connectivity index (χ2v) is 5.35. The molecule has 0 radical (unpaired) electrons. The third-order valence-corrected chi connectivity index (χ3v) is 3.01. The first-order chi connectivity index (χ1) is 9.13. The zero-order chi connectivity index (χ0) is 14.1. The van der Waals surface area contributed by atoms with Crippen LogP contribution in [0.3, 0.4) is 0 Å². The Labute approximate surface area is 121 Å². The van der Waals surface area contributed by atoms with E-state index in [0.29, 0.717) is 13.2 Å². The molecule has 1 atom stereocenters. The number of alkyl halides is 1. The monoisotopic (exact) mass is 285 g/mol. The van der Waals surface area contributed by atoms with Crippen molar-refractivity contribution in [2.24, 2.45) is 0 Å². The van der Waals surface area contributed by atoms with Crippen LogP contribution in [-0.2, 0) is 0 Å². The molecule has 0 saturated carbocycles. The lowest BCUT2D eigenvalue weighted by Gasteiger charge is -2.18. The highest BCUT2D eigenvalue weighted by molar-refractivity contribution is 6.20. The van der Waals surface area contributed by atoms with Crippen molar-refractivity contribution in [1.29, 1.82) is 0 Å². The van der Waals surface area contributed by atoms with Crippen LogP contribution >= 0.6 is 11.6 Å². The molecule has 19 heavy (non-hydrogen) atoms. The molecule has 0 amide bonds. The number of hydrogen-bond acceptors (Lipinski definition) is 3. The van der Waals surface area contributed by atoms with Gasteiger partial charge in [-0.15, -0.1) is 11.6 Å². The normalized spacial score (nSPS) is 12.5. The van der Waals surface area contributed by atoms with E-state index in [1.54, 1.807) is 0 Å². The van der Waals surface area contributed by atoms with Crippen LogP contribution in [0.5, 0.6) is 11.5 Å². The molecule has 1 aromatic carbocycles. The molecule has 0 heterocycles. The molecule has 0 N–H and O–H groups in total. The van der Waals surface area contributed by atoms with Crippen LogP contribution in [0.1, 0.15) is 20.3 Å². The maximum absolute atomic E-state index is 5.93. The lowest BCUT2D eigenvalue weighted by Crippen LogP contribution is -2.26. The second kappa shape index (κ2) is 9.05. The number of para-hydroxylation sites is 2. The largest absolute Gasteiger partial charge is 0.490 e. The minimum Gasteiger partial charge on any atom is -0.490 e. The molecule has 0 aliphatic rings. The van der Waals surface area contributed by atoms with Gasteiger partial charge >= 0.3 is 0 Å². The molecule has 0 aromatic heterocycles. The molecular formula is C15H24ClNO2. The summed E-state index contributed by atoms with van der Waals surface area (Å²) in [4.78, 5) is 2.22. The highest BCUT2D eigenvalue weighted by Gasteiger charge is 2.05. The third kappa shape index (κ3) is 6.69. The number of hydrogen-bond donors (Lipinski definition) is 0. The molecule has 0 fully saturated rings. The molecule has 0 aliphatic carbocycles. The van der Waals surface area contributed by atoms with Crippen molar-refractivity contribution >= 4 is 11.6 Å². The summed E-state index contributed by atoms with van der Waals surface area (Å²) < 4.78 is 11.3. The fraction of sp³-hybridized carbons (Fsp3) is 0.600.